The number of anilines is 1. The third kappa shape index (κ3) is 2.49. The zero-order valence-corrected chi connectivity index (χ0v) is 12.0. The van der Waals surface area contributed by atoms with Crippen molar-refractivity contribution >= 4 is 5.69 Å². The maximum absolute atomic E-state index is 9.39. The molecule has 0 unspecified atom stereocenters. The summed E-state index contributed by atoms with van der Waals surface area (Å²) < 4.78 is 0. The van der Waals surface area contributed by atoms with E-state index < -0.39 is 0 Å². The zero-order chi connectivity index (χ0) is 13.4. The van der Waals surface area contributed by atoms with Crippen LogP contribution in [-0.4, -0.2) is 48.3 Å². The van der Waals surface area contributed by atoms with Crippen molar-refractivity contribution in [1.82, 2.24) is 4.90 Å². The second-order valence-electron chi connectivity index (χ2n) is 6.04. The van der Waals surface area contributed by atoms with Gasteiger partial charge >= 0.3 is 0 Å². The predicted octanol–water partition coefficient (Wildman–Crippen LogP) is 1.95. The first kappa shape index (κ1) is 12.9. The molecule has 0 bridgehead atoms. The van der Waals surface area contributed by atoms with Crippen molar-refractivity contribution in [2.45, 2.75) is 38.8 Å². The summed E-state index contributed by atoms with van der Waals surface area (Å²) in [5.74, 6) is 0. The normalized spacial score (nSPS) is 22.6. The molecule has 0 spiro atoms. The highest BCUT2D eigenvalue weighted by molar-refractivity contribution is 5.56. The van der Waals surface area contributed by atoms with Crippen LogP contribution >= 0.6 is 0 Å². The van der Waals surface area contributed by atoms with E-state index in [1.54, 1.807) is 0 Å². The number of aliphatic hydroxyl groups is 1. The predicted molar refractivity (Wildman–Crippen MR) is 78.7 cm³/mol. The summed E-state index contributed by atoms with van der Waals surface area (Å²) in [4.78, 5) is 4.96. The van der Waals surface area contributed by atoms with Crippen LogP contribution in [0, 0.1) is 13.8 Å². The summed E-state index contributed by atoms with van der Waals surface area (Å²) in [6, 6.07) is 7.28. The van der Waals surface area contributed by atoms with Crippen LogP contribution in [-0.2, 0) is 0 Å². The lowest BCUT2D eigenvalue weighted by Gasteiger charge is -2.46. The molecule has 2 aliphatic rings. The van der Waals surface area contributed by atoms with Crippen molar-refractivity contribution in [2.75, 3.05) is 31.1 Å². The second kappa shape index (κ2) is 5.14. The summed E-state index contributed by atoms with van der Waals surface area (Å²) in [7, 11) is 0. The maximum Gasteiger partial charge on any atom is 0.0794 e. The van der Waals surface area contributed by atoms with E-state index in [0.29, 0.717) is 6.04 Å². The minimum absolute atomic E-state index is 0.0722. The fourth-order valence-corrected chi connectivity index (χ4v) is 3.34. The van der Waals surface area contributed by atoms with Crippen LogP contribution in [0.1, 0.15) is 24.0 Å². The molecule has 0 amide bonds. The molecule has 3 nitrogen and oxygen atoms in total. The average Bonchev–Trinajstić information content (AvgIpc) is 2.39. The average molecular weight is 260 g/mol. The van der Waals surface area contributed by atoms with Crippen molar-refractivity contribution in [2.24, 2.45) is 0 Å². The summed E-state index contributed by atoms with van der Waals surface area (Å²) in [6.07, 6.45) is 2.37. The van der Waals surface area contributed by atoms with Crippen LogP contribution in [0.4, 0.5) is 5.69 Å². The second-order valence-corrected chi connectivity index (χ2v) is 6.04. The van der Waals surface area contributed by atoms with Gasteiger partial charge in [0.15, 0.2) is 0 Å². The Morgan fingerprint density at radius 3 is 2.42 bits per heavy atom. The summed E-state index contributed by atoms with van der Waals surface area (Å²) >= 11 is 0. The van der Waals surface area contributed by atoms with Gasteiger partial charge in [-0.25, -0.2) is 0 Å². The maximum atomic E-state index is 9.39. The Morgan fingerprint density at radius 2 is 1.79 bits per heavy atom. The van der Waals surface area contributed by atoms with E-state index >= 15 is 0 Å². The smallest absolute Gasteiger partial charge is 0.0794 e. The van der Waals surface area contributed by atoms with Gasteiger partial charge in [0, 0.05) is 37.9 Å². The van der Waals surface area contributed by atoms with Crippen molar-refractivity contribution < 1.29 is 5.11 Å². The molecule has 1 aromatic rings. The number of aryl methyl sites for hydroxylation is 1. The van der Waals surface area contributed by atoms with E-state index in [4.69, 9.17) is 0 Å². The number of hydrogen-bond donors (Lipinski definition) is 1. The lowest BCUT2D eigenvalue weighted by molar-refractivity contribution is -0.0300. The van der Waals surface area contributed by atoms with Gasteiger partial charge in [-0.3, -0.25) is 4.90 Å². The molecular weight excluding hydrogens is 236 g/mol. The van der Waals surface area contributed by atoms with Crippen LogP contribution < -0.4 is 4.90 Å². The van der Waals surface area contributed by atoms with Crippen molar-refractivity contribution in [3.8, 4) is 0 Å². The molecule has 3 rings (SSSR count). The Hall–Kier alpha value is -1.06. The molecule has 3 heteroatoms. The SMILES string of the molecule is Cc1cccc(N2CCC(N3CC(O)C3)CC2)c1C. The summed E-state index contributed by atoms with van der Waals surface area (Å²) in [5, 5.41) is 9.39. The molecule has 1 aromatic carbocycles. The monoisotopic (exact) mass is 260 g/mol. The quantitative estimate of drug-likeness (QED) is 0.880. The summed E-state index contributed by atoms with van der Waals surface area (Å²) in [6.45, 7) is 8.46. The molecule has 2 saturated heterocycles. The van der Waals surface area contributed by atoms with Gasteiger partial charge in [-0.2, -0.15) is 0 Å². The highest BCUT2D eigenvalue weighted by atomic mass is 16.3. The molecule has 1 N–H and O–H groups in total. The molecule has 104 valence electrons. The zero-order valence-electron chi connectivity index (χ0n) is 12.0. The Kier molecular flexibility index (Phi) is 3.50. The van der Waals surface area contributed by atoms with Gasteiger partial charge in [-0.1, -0.05) is 12.1 Å². The van der Waals surface area contributed by atoms with E-state index in [2.05, 4.69) is 41.8 Å². The van der Waals surface area contributed by atoms with E-state index in [0.717, 1.165) is 26.2 Å². The molecule has 0 aromatic heterocycles. The molecule has 0 radical (unpaired) electrons. The Morgan fingerprint density at radius 1 is 1.11 bits per heavy atom. The third-order valence-electron chi connectivity index (χ3n) is 4.79. The van der Waals surface area contributed by atoms with Gasteiger partial charge in [-0.15, -0.1) is 0 Å². The lowest BCUT2D eigenvalue weighted by atomic mass is 9.97. The number of piperidine rings is 1. The summed E-state index contributed by atoms with van der Waals surface area (Å²) in [5.41, 5.74) is 4.20. The highest BCUT2D eigenvalue weighted by Gasteiger charge is 2.33. The molecule has 0 atom stereocenters. The Balaban J connectivity index is 1.62. The number of hydrogen-bond acceptors (Lipinski definition) is 3. The number of benzene rings is 1. The van der Waals surface area contributed by atoms with Gasteiger partial charge in [0.25, 0.3) is 0 Å². The van der Waals surface area contributed by atoms with Gasteiger partial charge in [-0.05, 0) is 43.9 Å². The van der Waals surface area contributed by atoms with Gasteiger partial charge < -0.3 is 10.0 Å². The fourth-order valence-electron chi connectivity index (χ4n) is 3.34. The Bertz CT molecular complexity index is 446. The van der Waals surface area contributed by atoms with E-state index in [9.17, 15) is 5.11 Å². The van der Waals surface area contributed by atoms with Gasteiger partial charge in [0.2, 0.25) is 0 Å². The standard InChI is InChI=1S/C16H24N2O/c1-12-4-3-5-16(13(12)2)17-8-6-14(7-9-17)18-10-15(19)11-18/h3-5,14-15,19H,6-11H2,1-2H3. The topological polar surface area (TPSA) is 26.7 Å². The Labute approximate surface area is 115 Å². The number of β-amino-alcohol motifs (C(OH)–C–C–N with tert-alkyl or cyclic N) is 1. The molecule has 2 heterocycles. The van der Waals surface area contributed by atoms with Crippen LogP contribution in [0.3, 0.4) is 0 Å². The first-order valence-electron chi connectivity index (χ1n) is 7.38. The fraction of sp³-hybridized carbons (Fsp3) is 0.625. The number of nitrogens with zero attached hydrogens (tertiary/aromatic N) is 2. The van der Waals surface area contributed by atoms with E-state index in [1.165, 1.54) is 29.7 Å². The van der Waals surface area contributed by atoms with Crippen LogP contribution in [0.25, 0.3) is 0 Å². The van der Waals surface area contributed by atoms with Crippen molar-refractivity contribution in [3.63, 3.8) is 0 Å². The molecule has 2 aliphatic heterocycles. The molecule has 19 heavy (non-hydrogen) atoms. The molecule has 0 saturated carbocycles. The first-order valence-corrected chi connectivity index (χ1v) is 7.38. The largest absolute Gasteiger partial charge is 0.390 e. The number of rotatable bonds is 2. The lowest BCUT2D eigenvalue weighted by Crippen LogP contribution is -2.57. The van der Waals surface area contributed by atoms with Crippen molar-refractivity contribution in [1.29, 1.82) is 0 Å². The van der Waals surface area contributed by atoms with Crippen LogP contribution in [0.2, 0.25) is 0 Å². The minimum Gasteiger partial charge on any atom is -0.390 e. The van der Waals surface area contributed by atoms with Crippen LogP contribution in [0.15, 0.2) is 18.2 Å². The third-order valence-corrected chi connectivity index (χ3v) is 4.79. The highest BCUT2D eigenvalue weighted by Crippen LogP contribution is 2.28. The number of likely N-dealkylation sites (tertiary alicyclic amines) is 1. The van der Waals surface area contributed by atoms with E-state index in [-0.39, 0.29) is 6.10 Å². The molecular formula is C16H24N2O. The van der Waals surface area contributed by atoms with E-state index in [1.807, 2.05) is 0 Å². The van der Waals surface area contributed by atoms with Gasteiger partial charge in [0.05, 0.1) is 6.10 Å². The molecule has 2 fully saturated rings. The first-order chi connectivity index (χ1) is 9.15. The number of aliphatic hydroxyl groups excluding tert-OH is 1. The van der Waals surface area contributed by atoms with Gasteiger partial charge in [0.1, 0.15) is 0 Å². The van der Waals surface area contributed by atoms with Crippen molar-refractivity contribution in [3.05, 3.63) is 29.3 Å². The minimum atomic E-state index is -0.0722. The molecule has 0 aliphatic carbocycles. The van der Waals surface area contributed by atoms with Crippen LogP contribution in [0.5, 0.6) is 0 Å².